The summed E-state index contributed by atoms with van der Waals surface area (Å²) in [6, 6.07) is 12.7. The molecule has 2 rings (SSSR count). The van der Waals surface area contributed by atoms with E-state index in [2.05, 4.69) is 0 Å². The van der Waals surface area contributed by atoms with E-state index in [4.69, 9.17) is 0 Å². The van der Waals surface area contributed by atoms with Crippen LogP contribution in [0.1, 0.15) is 23.1 Å². The molecule has 0 bridgehead atoms. The van der Waals surface area contributed by atoms with Crippen molar-refractivity contribution in [1.82, 2.24) is 0 Å². The Morgan fingerprint density at radius 3 is 2.17 bits per heavy atom. The van der Waals surface area contributed by atoms with Crippen molar-refractivity contribution in [2.75, 3.05) is 0 Å². The van der Waals surface area contributed by atoms with Crippen LogP contribution in [0.2, 0.25) is 0 Å². The minimum Gasteiger partial charge on any atom is -0.207 e. The van der Waals surface area contributed by atoms with Crippen LogP contribution in [0.5, 0.6) is 0 Å². The summed E-state index contributed by atoms with van der Waals surface area (Å²) in [6.07, 6.45) is 0.707. The maximum absolute atomic E-state index is 13.1. The van der Waals surface area contributed by atoms with Crippen molar-refractivity contribution in [2.45, 2.75) is 6.43 Å². The molecule has 0 saturated heterocycles. The molecule has 0 unspecified atom stereocenters. The molecule has 0 N–H and O–H groups in total. The molecule has 0 aromatic heterocycles. The van der Waals surface area contributed by atoms with Crippen LogP contribution in [0.4, 0.5) is 13.2 Å². The average Bonchev–Trinajstić information content (AvgIpc) is 2.37. The molecule has 92 valence electrons. The molecular weight excluding hydrogens is 237 g/mol. The molecule has 0 aliphatic heterocycles. The van der Waals surface area contributed by atoms with Gasteiger partial charge in [-0.15, -0.1) is 0 Å². The first-order chi connectivity index (χ1) is 8.65. The zero-order valence-corrected chi connectivity index (χ0v) is 9.48. The Morgan fingerprint density at radius 1 is 0.833 bits per heavy atom. The van der Waals surface area contributed by atoms with Crippen molar-refractivity contribution < 1.29 is 13.2 Å². The third kappa shape index (κ3) is 3.23. The lowest BCUT2D eigenvalue weighted by Crippen LogP contribution is -1.88. The smallest absolute Gasteiger partial charge is 0.207 e. The maximum Gasteiger partial charge on any atom is 0.263 e. The standard InChI is InChI=1S/C15H11F3/c16-14-9-12(8-13(10-14)15(17)18)7-6-11-4-2-1-3-5-11/h1-10,15H/b7-6+. The number of halogens is 3. The van der Waals surface area contributed by atoms with Crippen LogP contribution in [0, 0.1) is 5.82 Å². The molecule has 3 heteroatoms. The lowest BCUT2D eigenvalue weighted by Gasteiger charge is -2.02. The van der Waals surface area contributed by atoms with Crippen LogP contribution in [0.3, 0.4) is 0 Å². The van der Waals surface area contributed by atoms with Gasteiger partial charge < -0.3 is 0 Å². The largest absolute Gasteiger partial charge is 0.263 e. The van der Waals surface area contributed by atoms with Crippen LogP contribution >= 0.6 is 0 Å². The van der Waals surface area contributed by atoms with Gasteiger partial charge in [-0.05, 0) is 29.3 Å². The van der Waals surface area contributed by atoms with E-state index in [0.717, 1.165) is 11.6 Å². The molecule has 2 aromatic rings. The highest BCUT2D eigenvalue weighted by Crippen LogP contribution is 2.22. The molecular formula is C15H11F3. The van der Waals surface area contributed by atoms with Gasteiger partial charge in [-0.2, -0.15) is 0 Å². The fourth-order valence-corrected chi connectivity index (χ4v) is 1.61. The van der Waals surface area contributed by atoms with Gasteiger partial charge >= 0.3 is 0 Å². The highest BCUT2D eigenvalue weighted by atomic mass is 19.3. The molecule has 0 amide bonds. The van der Waals surface area contributed by atoms with E-state index in [1.165, 1.54) is 12.1 Å². The van der Waals surface area contributed by atoms with Crippen molar-refractivity contribution in [3.63, 3.8) is 0 Å². The normalized spacial score (nSPS) is 11.3. The van der Waals surface area contributed by atoms with Gasteiger partial charge in [0.2, 0.25) is 0 Å². The first kappa shape index (κ1) is 12.4. The molecule has 0 aliphatic carbocycles. The van der Waals surface area contributed by atoms with Crippen LogP contribution in [-0.4, -0.2) is 0 Å². The summed E-state index contributed by atoms with van der Waals surface area (Å²) in [5, 5.41) is 0. The number of hydrogen-bond donors (Lipinski definition) is 0. The summed E-state index contributed by atoms with van der Waals surface area (Å²) in [5.41, 5.74) is 1.05. The molecule has 18 heavy (non-hydrogen) atoms. The SMILES string of the molecule is Fc1cc(/C=C/c2ccccc2)cc(C(F)F)c1. The second kappa shape index (κ2) is 5.54. The highest BCUT2D eigenvalue weighted by Gasteiger charge is 2.08. The predicted molar refractivity (Wildman–Crippen MR) is 66.7 cm³/mol. The van der Waals surface area contributed by atoms with E-state index >= 15 is 0 Å². The predicted octanol–water partition coefficient (Wildman–Crippen LogP) is 4.93. The Kier molecular flexibility index (Phi) is 3.82. The summed E-state index contributed by atoms with van der Waals surface area (Å²) in [6.45, 7) is 0. The summed E-state index contributed by atoms with van der Waals surface area (Å²) in [4.78, 5) is 0. The second-order valence-electron chi connectivity index (χ2n) is 3.86. The van der Waals surface area contributed by atoms with Crippen molar-refractivity contribution in [2.24, 2.45) is 0 Å². The maximum atomic E-state index is 13.1. The van der Waals surface area contributed by atoms with Crippen molar-refractivity contribution in [1.29, 1.82) is 0 Å². The molecule has 0 saturated carbocycles. The lowest BCUT2D eigenvalue weighted by atomic mass is 10.1. The van der Waals surface area contributed by atoms with Gasteiger partial charge in [0.15, 0.2) is 0 Å². The zero-order valence-electron chi connectivity index (χ0n) is 9.48. The number of rotatable bonds is 3. The average molecular weight is 248 g/mol. The molecule has 0 spiro atoms. The number of hydrogen-bond acceptors (Lipinski definition) is 0. The summed E-state index contributed by atoms with van der Waals surface area (Å²) in [7, 11) is 0. The Hall–Kier alpha value is -2.03. The van der Waals surface area contributed by atoms with Gasteiger partial charge in [-0.1, -0.05) is 42.5 Å². The van der Waals surface area contributed by atoms with E-state index in [9.17, 15) is 13.2 Å². The third-order valence-electron chi connectivity index (χ3n) is 2.46. The van der Waals surface area contributed by atoms with Gasteiger partial charge in [-0.3, -0.25) is 0 Å². The Bertz CT molecular complexity index is 545. The van der Waals surface area contributed by atoms with Gasteiger partial charge in [0.25, 0.3) is 6.43 Å². The van der Waals surface area contributed by atoms with E-state index in [1.54, 1.807) is 12.2 Å². The monoisotopic (exact) mass is 248 g/mol. The van der Waals surface area contributed by atoms with Gasteiger partial charge in [0, 0.05) is 5.56 Å². The second-order valence-corrected chi connectivity index (χ2v) is 3.86. The van der Waals surface area contributed by atoms with Gasteiger partial charge in [0.05, 0.1) is 0 Å². The number of alkyl halides is 2. The first-order valence-electron chi connectivity index (χ1n) is 5.47. The van der Waals surface area contributed by atoms with Crippen molar-refractivity contribution in [3.05, 3.63) is 71.0 Å². The summed E-state index contributed by atoms with van der Waals surface area (Å²) in [5.74, 6) is -0.652. The van der Waals surface area contributed by atoms with E-state index in [-0.39, 0.29) is 5.56 Å². The van der Waals surface area contributed by atoms with Crippen LogP contribution in [0.25, 0.3) is 12.2 Å². The molecule has 0 nitrogen and oxygen atoms in total. The van der Waals surface area contributed by atoms with Crippen LogP contribution < -0.4 is 0 Å². The quantitative estimate of drug-likeness (QED) is 0.675. The summed E-state index contributed by atoms with van der Waals surface area (Å²) < 4.78 is 38.1. The molecule has 0 fully saturated rings. The molecule has 2 aromatic carbocycles. The molecule has 0 atom stereocenters. The van der Waals surface area contributed by atoms with Gasteiger partial charge in [0.1, 0.15) is 5.82 Å². The number of benzene rings is 2. The molecule has 0 heterocycles. The van der Waals surface area contributed by atoms with Gasteiger partial charge in [-0.25, -0.2) is 13.2 Å². The Morgan fingerprint density at radius 2 is 1.50 bits per heavy atom. The van der Waals surface area contributed by atoms with Crippen LogP contribution in [-0.2, 0) is 0 Å². The van der Waals surface area contributed by atoms with E-state index in [0.29, 0.717) is 5.56 Å². The highest BCUT2D eigenvalue weighted by molar-refractivity contribution is 5.69. The minimum atomic E-state index is -2.66. The Labute approximate surface area is 103 Å². The summed E-state index contributed by atoms with van der Waals surface area (Å²) >= 11 is 0. The first-order valence-corrected chi connectivity index (χ1v) is 5.47. The fourth-order valence-electron chi connectivity index (χ4n) is 1.61. The van der Waals surface area contributed by atoms with Crippen molar-refractivity contribution >= 4 is 12.2 Å². The molecule has 0 radical (unpaired) electrons. The fraction of sp³-hybridized carbons (Fsp3) is 0.0667. The topological polar surface area (TPSA) is 0 Å². The molecule has 0 aliphatic rings. The Balaban J connectivity index is 2.26. The van der Waals surface area contributed by atoms with Crippen molar-refractivity contribution in [3.8, 4) is 0 Å². The van der Waals surface area contributed by atoms with E-state index in [1.807, 2.05) is 30.3 Å². The zero-order chi connectivity index (χ0) is 13.0. The van der Waals surface area contributed by atoms with Crippen LogP contribution in [0.15, 0.2) is 48.5 Å². The minimum absolute atomic E-state index is 0.303. The van der Waals surface area contributed by atoms with E-state index < -0.39 is 12.2 Å². The third-order valence-corrected chi connectivity index (χ3v) is 2.46. The lowest BCUT2D eigenvalue weighted by molar-refractivity contribution is 0.151.